The molecule has 1 saturated carbocycles. The summed E-state index contributed by atoms with van der Waals surface area (Å²) in [4.78, 5) is 41.8. The maximum atomic E-state index is 12.8. The number of nitrogens with one attached hydrogen (secondary N) is 2. The molecule has 1 aromatic carbocycles. The molecule has 1 aliphatic carbocycles. The van der Waals surface area contributed by atoms with Crippen molar-refractivity contribution in [1.82, 2.24) is 20.7 Å². The molecule has 4 amide bonds. The largest absolute Gasteiger partial charge is 0.344 e. The number of rotatable bonds is 4. The number of thioether (sulfide) groups is 1. The SMILES string of the molecule is CC1CCC2(CC1)NC(=O)N(NC(=O)CSc1ccc3ccccc3n1)C2=O. The number of carbonyl (C=O) groups is 3. The van der Waals surface area contributed by atoms with E-state index in [1.54, 1.807) is 0 Å². The molecule has 0 radical (unpaired) electrons. The second kappa shape index (κ2) is 7.43. The fourth-order valence-corrected chi connectivity index (χ4v) is 4.41. The molecular formula is C20H22N4O3S. The molecule has 2 fully saturated rings. The Morgan fingerprint density at radius 3 is 2.79 bits per heavy atom. The number of hydrogen-bond donors (Lipinski definition) is 2. The quantitative estimate of drug-likeness (QED) is 0.610. The lowest BCUT2D eigenvalue weighted by Gasteiger charge is -2.33. The summed E-state index contributed by atoms with van der Waals surface area (Å²) >= 11 is 1.26. The summed E-state index contributed by atoms with van der Waals surface area (Å²) in [6.45, 7) is 2.14. The standard InChI is InChI=1S/C20H22N4O3S/c1-13-8-10-20(11-9-13)18(26)24(19(27)22-20)23-16(25)12-28-17-7-6-14-4-2-3-5-15(14)21-17/h2-7,13H,8-12H2,1H3,(H,22,27)(H,23,25). The van der Waals surface area contributed by atoms with Crippen LogP contribution >= 0.6 is 11.8 Å². The number of pyridine rings is 1. The molecule has 0 bridgehead atoms. The van der Waals surface area contributed by atoms with Gasteiger partial charge in [0, 0.05) is 5.39 Å². The number of hydrazine groups is 1. The first-order valence-corrected chi connectivity index (χ1v) is 10.4. The number of imide groups is 1. The number of amides is 4. The van der Waals surface area contributed by atoms with Crippen molar-refractivity contribution in [3.63, 3.8) is 0 Å². The van der Waals surface area contributed by atoms with Crippen molar-refractivity contribution in [3.05, 3.63) is 36.4 Å². The van der Waals surface area contributed by atoms with Crippen molar-refractivity contribution in [2.45, 2.75) is 43.2 Å². The molecule has 1 aromatic heterocycles. The van der Waals surface area contributed by atoms with Crippen LogP contribution in [0.5, 0.6) is 0 Å². The number of hydrogen-bond acceptors (Lipinski definition) is 5. The molecule has 146 valence electrons. The fraction of sp³-hybridized carbons (Fsp3) is 0.400. The fourth-order valence-electron chi connectivity index (χ4n) is 3.74. The number of aromatic nitrogens is 1. The van der Waals surface area contributed by atoms with Crippen LogP contribution in [0.3, 0.4) is 0 Å². The first kappa shape index (κ1) is 18.7. The first-order valence-electron chi connectivity index (χ1n) is 9.42. The zero-order chi connectivity index (χ0) is 19.7. The van der Waals surface area contributed by atoms with Crippen LogP contribution in [0.1, 0.15) is 32.6 Å². The Balaban J connectivity index is 1.36. The summed E-state index contributed by atoms with van der Waals surface area (Å²) in [5.74, 6) is -0.159. The number of carbonyl (C=O) groups excluding carboxylic acids is 3. The minimum atomic E-state index is -0.857. The molecular weight excluding hydrogens is 376 g/mol. The zero-order valence-corrected chi connectivity index (χ0v) is 16.4. The summed E-state index contributed by atoms with van der Waals surface area (Å²) in [5.41, 5.74) is 2.45. The molecule has 2 aliphatic rings. The molecule has 28 heavy (non-hydrogen) atoms. The van der Waals surface area contributed by atoms with E-state index in [1.807, 2.05) is 36.4 Å². The summed E-state index contributed by atoms with van der Waals surface area (Å²) in [6, 6.07) is 11.0. The monoisotopic (exact) mass is 398 g/mol. The Morgan fingerprint density at radius 1 is 1.25 bits per heavy atom. The van der Waals surface area contributed by atoms with Gasteiger partial charge in [-0.15, -0.1) is 0 Å². The average Bonchev–Trinajstić information content (AvgIpc) is 2.93. The normalized spacial score (nSPS) is 24.6. The molecule has 1 saturated heterocycles. The first-order chi connectivity index (χ1) is 13.5. The highest BCUT2D eigenvalue weighted by atomic mass is 32.2. The van der Waals surface area contributed by atoms with Gasteiger partial charge in [0.1, 0.15) is 5.54 Å². The molecule has 0 atom stereocenters. The second-order valence-electron chi connectivity index (χ2n) is 7.50. The zero-order valence-electron chi connectivity index (χ0n) is 15.6. The van der Waals surface area contributed by atoms with Crippen LogP contribution in [0, 0.1) is 5.92 Å². The lowest BCUT2D eigenvalue weighted by atomic mass is 9.77. The van der Waals surface area contributed by atoms with E-state index in [1.165, 1.54) is 11.8 Å². The predicted octanol–water partition coefficient (Wildman–Crippen LogP) is 2.86. The Hall–Kier alpha value is -2.61. The maximum absolute atomic E-state index is 12.8. The van der Waals surface area contributed by atoms with Gasteiger partial charge >= 0.3 is 6.03 Å². The van der Waals surface area contributed by atoms with Gasteiger partial charge in [-0.2, -0.15) is 5.01 Å². The van der Waals surface area contributed by atoms with Crippen molar-refractivity contribution in [2.75, 3.05) is 5.75 Å². The lowest BCUT2D eigenvalue weighted by Crippen LogP contribution is -2.51. The highest BCUT2D eigenvalue weighted by Gasteiger charge is 2.52. The van der Waals surface area contributed by atoms with Crippen molar-refractivity contribution in [2.24, 2.45) is 5.92 Å². The molecule has 2 heterocycles. The van der Waals surface area contributed by atoms with Crippen molar-refractivity contribution in [3.8, 4) is 0 Å². The van der Waals surface area contributed by atoms with Crippen LogP contribution < -0.4 is 10.7 Å². The van der Waals surface area contributed by atoms with E-state index in [0.29, 0.717) is 23.8 Å². The van der Waals surface area contributed by atoms with E-state index in [0.717, 1.165) is 28.8 Å². The van der Waals surface area contributed by atoms with Crippen LogP contribution in [-0.2, 0) is 9.59 Å². The van der Waals surface area contributed by atoms with Gasteiger partial charge in [-0.25, -0.2) is 9.78 Å². The molecule has 2 N–H and O–H groups in total. The van der Waals surface area contributed by atoms with E-state index in [9.17, 15) is 14.4 Å². The Morgan fingerprint density at radius 2 is 2.00 bits per heavy atom. The summed E-state index contributed by atoms with van der Waals surface area (Å²) in [6.07, 6.45) is 3.00. The Labute approximate surface area is 167 Å². The van der Waals surface area contributed by atoms with Gasteiger partial charge in [-0.1, -0.05) is 43.0 Å². The predicted molar refractivity (Wildman–Crippen MR) is 106 cm³/mol. The third-order valence-corrected chi connectivity index (χ3v) is 6.38. The van der Waals surface area contributed by atoms with Crippen LogP contribution in [0.15, 0.2) is 41.4 Å². The van der Waals surface area contributed by atoms with E-state index in [2.05, 4.69) is 22.7 Å². The van der Waals surface area contributed by atoms with Gasteiger partial charge in [0.25, 0.3) is 5.91 Å². The van der Waals surface area contributed by atoms with Gasteiger partial charge < -0.3 is 5.32 Å². The minimum absolute atomic E-state index is 0.0619. The number of urea groups is 1. The van der Waals surface area contributed by atoms with Crippen LogP contribution in [0.2, 0.25) is 0 Å². The molecule has 7 nitrogen and oxygen atoms in total. The van der Waals surface area contributed by atoms with E-state index in [-0.39, 0.29) is 11.7 Å². The maximum Gasteiger partial charge on any atom is 0.344 e. The summed E-state index contributed by atoms with van der Waals surface area (Å²) < 4.78 is 0. The van der Waals surface area contributed by atoms with Gasteiger partial charge in [-0.3, -0.25) is 15.0 Å². The number of para-hydroxylation sites is 1. The molecule has 1 spiro atoms. The smallest absolute Gasteiger partial charge is 0.322 e. The molecule has 4 rings (SSSR count). The van der Waals surface area contributed by atoms with E-state index in [4.69, 9.17) is 0 Å². The van der Waals surface area contributed by atoms with E-state index >= 15 is 0 Å². The highest BCUT2D eigenvalue weighted by molar-refractivity contribution is 7.99. The number of fused-ring (bicyclic) bond motifs is 1. The van der Waals surface area contributed by atoms with Crippen LogP contribution in [0.25, 0.3) is 10.9 Å². The van der Waals surface area contributed by atoms with Crippen LogP contribution in [-0.4, -0.2) is 39.1 Å². The minimum Gasteiger partial charge on any atom is -0.322 e. The lowest BCUT2D eigenvalue weighted by molar-refractivity contribution is -0.139. The van der Waals surface area contributed by atoms with Crippen LogP contribution in [0.4, 0.5) is 4.79 Å². The summed E-state index contributed by atoms with van der Waals surface area (Å²) in [5, 5.41) is 5.37. The van der Waals surface area contributed by atoms with Gasteiger partial charge in [0.05, 0.1) is 16.3 Å². The molecule has 8 heteroatoms. The number of benzene rings is 1. The van der Waals surface area contributed by atoms with Gasteiger partial charge in [0.2, 0.25) is 5.91 Å². The van der Waals surface area contributed by atoms with Crippen molar-refractivity contribution in [1.29, 1.82) is 0 Å². The number of nitrogens with zero attached hydrogens (tertiary/aromatic N) is 2. The van der Waals surface area contributed by atoms with Crippen molar-refractivity contribution < 1.29 is 14.4 Å². The van der Waals surface area contributed by atoms with Gasteiger partial charge in [0.15, 0.2) is 0 Å². The molecule has 1 aliphatic heterocycles. The molecule has 2 aromatic rings. The van der Waals surface area contributed by atoms with E-state index < -0.39 is 17.5 Å². The van der Waals surface area contributed by atoms with Gasteiger partial charge in [-0.05, 0) is 43.7 Å². The third kappa shape index (κ3) is 3.56. The highest BCUT2D eigenvalue weighted by Crippen LogP contribution is 2.35. The average molecular weight is 398 g/mol. The third-order valence-electron chi connectivity index (χ3n) is 5.45. The summed E-state index contributed by atoms with van der Waals surface area (Å²) in [7, 11) is 0. The Kier molecular flexibility index (Phi) is 4.97. The topological polar surface area (TPSA) is 91.4 Å². The van der Waals surface area contributed by atoms with Crippen molar-refractivity contribution >= 4 is 40.5 Å². The Bertz CT molecular complexity index is 940. The molecule has 0 unspecified atom stereocenters. The second-order valence-corrected chi connectivity index (χ2v) is 8.50.